The SMILES string of the molecule is CCOc1ccc2c(c1)c(C)cn2S(=O)(=O)c1cccc(NCCN(C)C)c1. The first-order chi connectivity index (χ1) is 13.3. The normalized spacial score (nSPS) is 11.9. The monoisotopic (exact) mass is 401 g/mol. The third kappa shape index (κ3) is 4.15. The molecule has 0 saturated heterocycles. The maximum Gasteiger partial charge on any atom is 0.268 e. The summed E-state index contributed by atoms with van der Waals surface area (Å²) in [7, 11) is 0.290. The number of hydrogen-bond donors (Lipinski definition) is 1. The third-order valence-corrected chi connectivity index (χ3v) is 6.20. The van der Waals surface area contributed by atoms with Gasteiger partial charge < -0.3 is 15.0 Å². The first-order valence-electron chi connectivity index (χ1n) is 9.31. The van der Waals surface area contributed by atoms with Crippen LogP contribution >= 0.6 is 0 Å². The molecule has 1 N–H and O–H groups in total. The molecule has 28 heavy (non-hydrogen) atoms. The van der Waals surface area contributed by atoms with Crippen molar-refractivity contribution in [3.63, 3.8) is 0 Å². The Morgan fingerprint density at radius 1 is 1.14 bits per heavy atom. The summed E-state index contributed by atoms with van der Waals surface area (Å²) in [6.07, 6.45) is 1.67. The van der Waals surface area contributed by atoms with Crippen LogP contribution < -0.4 is 10.1 Å². The highest BCUT2D eigenvalue weighted by molar-refractivity contribution is 7.90. The van der Waals surface area contributed by atoms with Gasteiger partial charge in [0.2, 0.25) is 0 Å². The molecule has 0 unspecified atom stereocenters. The summed E-state index contributed by atoms with van der Waals surface area (Å²) in [5.74, 6) is 0.736. The van der Waals surface area contributed by atoms with Gasteiger partial charge in [-0.1, -0.05) is 6.07 Å². The number of nitrogens with zero attached hydrogens (tertiary/aromatic N) is 2. The molecule has 3 rings (SSSR count). The molecule has 2 aromatic carbocycles. The van der Waals surface area contributed by atoms with Crippen LogP contribution in [0, 0.1) is 6.92 Å². The van der Waals surface area contributed by atoms with E-state index in [0.29, 0.717) is 12.1 Å². The molecule has 150 valence electrons. The molecule has 0 fully saturated rings. The fourth-order valence-corrected chi connectivity index (χ4v) is 4.57. The van der Waals surface area contributed by atoms with E-state index >= 15 is 0 Å². The molecule has 0 saturated carbocycles. The summed E-state index contributed by atoms with van der Waals surface area (Å²) in [5.41, 5.74) is 2.32. The molecule has 1 heterocycles. The predicted molar refractivity (Wildman–Crippen MR) is 114 cm³/mol. The fraction of sp³-hybridized carbons (Fsp3) is 0.333. The van der Waals surface area contributed by atoms with E-state index in [1.165, 1.54) is 3.97 Å². The molecule has 0 spiro atoms. The minimum atomic E-state index is -3.71. The number of benzene rings is 2. The van der Waals surface area contributed by atoms with Crippen molar-refractivity contribution in [3.05, 3.63) is 54.2 Å². The smallest absolute Gasteiger partial charge is 0.268 e. The number of nitrogens with one attached hydrogen (secondary N) is 1. The molecular formula is C21H27N3O3S. The van der Waals surface area contributed by atoms with E-state index in [0.717, 1.165) is 35.5 Å². The largest absolute Gasteiger partial charge is 0.494 e. The van der Waals surface area contributed by atoms with Crippen molar-refractivity contribution in [1.29, 1.82) is 0 Å². The molecule has 0 aliphatic carbocycles. The van der Waals surface area contributed by atoms with Crippen molar-refractivity contribution >= 4 is 26.6 Å². The van der Waals surface area contributed by atoms with Crippen LogP contribution in [0.3, 0.4) is 0 Å². The zero-order valence-electron chi connectivity index (χ0n) is 16.8. The lowest BCUT2D eigenvalue weighted by atomic mass is 10.2. The zero-order chi connectivity index (χ0) is 20.3. The van der Waals surface area contributed by atoms with Crippen molar-refractivity contribution in [1.82, 2.24) is 8.87 Å². The minimum Gasteiger partial charge on any atom is -0.494 e. The maximum absolute atomic E-state index is 13.3. The van der Waals surface area contributed by atoms with Gasteiger partial charge in [-0.3, -0.25) is 0 Å². The molecule has 7 heteroatoms. The van der Waals surface area contributed by atoms with E-state index in [2.05, 4.69) is 10.2 Å². The maximum atomic E-state index is 13.3. The molecule has 0 amide bonds. The van der Waals surface area contributed by atoms with Crippen LogP contribution in [0.15, 0.2) is 53.6 Å². The Morgan fingerprint density at radius 2 is 1.93 bits per heavy atom. The van der Waals surface area contributed by atoms with Gasteiger partial charge in [-0.25, -0.2) is 12.4 Å². The number of fused-ring (bicyclic) bond motifs is 1. The zero-order valence-corrected chi connectivity index (χ0v) is 17.6. The summed E-state index contributed by atoms with van der Waals surface area (Å²) in [5, 5.41) is 4.14. The second-order valence-corrected chi connectivity index (χ2v) is 8.80. The molecule has 0 radical (unpaired) electrons. The first-order valence-corrected chi connectivity index (χ1v) is 10.8. The van der Waals surface area contributed by atoms with Crippen molar-refractivity contribution in [3.8, 4) is 5.75 Å². The van der Waals surface area contributed by atoms with Crippen LogP contribution in [0.5, 0.6) is 5.75 Å². The van der Waals surface area contributed by atoms with Crippen molar-refractivity contribution < 1.29 is 13.2 Å². The first kappa shape index (κ1) is 20.2. The Hall–Kier alpha value is -2.51. The van der Waals surface area contributed by atoms with Gasteiger partial charge in [-0.05, 0) is 69.9 Å². The van der Waals surface area contributed by atoms with E-state index < -0.39 is 10.0 Å². The molecule has 3 aromatic rings. The van der Waals surface area contributed by atoms with Crippen molar-refractivity contribution in [2.45, 2.75) is 18.7 Å². The van der Waals surface area contributed by atoms with Crippen LogP contribution in [0.2, 0.25) is 0 Å². The molecule has 1 aromatic heterocycles. The van der Waals surface area contributed by atoms with E-state index in [9.17, 15) is 8.42 Å². The highest BCUT2D eigenvalue weighted by Crippen LogP contribution is 2.29. The topological polar surface area (TPSA) is 63.6 Å². The van der Waals surface area contributed by atoms with Gasteiger partial charge in [0, 0.05) is 30.4 Å². The molecule has 0 bridgehead atoms. The van der Waals surface area contributed by atoms with Crippen molar-refractivity contribution in [2.75, 3.05) is 39.1 Å². The molecule has 0 atom stereocenters. The summed E-state index contributed by atoms with van der Waals surface area (Å²) in [4.78, 5) is 2.33. The minimum absolute atomic E-state index is 0.258. The number of aryl methyl sites for hydroxylation is 1. The Balaban J connectivity index is 1.97. The quantitative estimate of drug-likeness (QED) is 0.625. The van der Waals surface area contributed by atoms with Gasteiger partial charge in [0.05, 0.1) is 17.0 Å². The molecule has 0 aliphatic rings. The van der Waals surface area contributed by atoms with E-state index in [-0.39, 0.29) is 4.90 Å². The number of ether oxygens (including phenoxy) is 1. The highest BCUT2D eigenvalue weighted by atomic mass is 32.2. The standard InChI is InChI=1S/C21H27N3O3S/c1-5-27-18-9-10-21-20(14-18)16(2)15-24(21)28(25,26)19-8-6-7-17(13-19)22-11-12-23(3)4/h6-10,13-15,22H,5,11-12H2,1-4H3. The van der Waals surface area contributed by atoms with Crippen molar-refractivity contribution in [2.24, 2.45) is 0 Å². The summed E-state index contributed by atoms with van der Waals surface area (Å²) >= 11 is 0. The summed E-state index contributed by atoms with van der Waals surface area (Å²) in [6.45, 7) is 6.00. The number of anilines is 1. The van der Waals surface area contributed by atoms with Crippen LogP contribution in [0.1, 0.15) is 12.5 Å². The van der Waals surface area contributed by atoms with Gasteiger partial charge in [0.25, 0.3) is 10.0 Å². The van der Waals surface area contributed by atoms with Gasteiger partial charge in [0.15, 0.2) is 0 Å². The van der Waals surface area contributed by atoms with E-state index in [4.69, 9.17) is 4.74 Å². The second kappa shape index (κ2) is 8.24. The number of aromatic nitrogens is 1. The number of hydrogen-bond acceptors (Lipinski definition) is 5. The van der Waals surface area contributed by atoms with Crippen LogP contribution in [0.25, 0.3) is 10.9 Å². The Labute approximate surface area is 166 Å². The Bertz CT molecular complexity index is 1070. The molecular weight excluding hydrogens is 374 g/mol. The van der Waals surface area contributed by atoms with Gasteiger partial charge in [-0.2, -0.15) is 0 Å². The number of rotatable bonds is 8. The van der Waals surface area contributed by atoms with Crippen LogP contribution in [0.4, 0.5) is 5.69 Å². The Morgan fingerprint density at radius 3 is 2.64 bits per heavy atom. The molecule has 0 aliphatic heterocycles. The highest BCUT2D eigenvalue weighted by Gasteiger charge is 2.21. The van der Waals surface area contributed by atoms with Gasteiger partial charge in [-0.15, -0.1) is 0 Å². The third-order valence-electron chi connectivity index (χ3n) is 4.53. The molecule has 6 nitrogen and oxygen atoms in total. The second-order valence-electron chi connectivity index (χ2n) is 6.98. The van der Waals surface area contributed by atoms with E-state index in [1.54, 1.807) is 36.5 Å². The lowest BCUT2D eigenvalue weighted by Gasteiger charge is -2.13. The number of likely N-dealkylation sites (N-methyl/N-ethyl adjacent to an activating group) is 1. The fourth-order valence-electron chi connectivity index (χ4n) is 3.10. The lowest BCUT2D eigenvalue weighted by Crippen LogP contribution is -2.21. The van der Waals surface area contributed by atoms with E-state index in [1.807, 2.05) is 40.1 Å². The summed E-state index contributed by atoms with van der Waals surface area (Å²) in [6, 6.07) is 12.4. The van der Waals surface area contributed by atoms with Gasteiger partial charge in [0.1, 0.15) is 5.75 Å². The van der Waals surface area contributed by atoms with Crippen LogP contribution in [-0.4, -0.2) is 51.1 Å². The Kier molecular flexibility index (Phi) is 5.96. The van der Waals surface area contributed by atoms with Crippen LogP contribution in [-0.2, 0) is 10.0 Å². The average Bonchev–Trinajstić information content (AvgIpc) is 2.99. The summed E-state index contributed by atoms with van der Waals surface area (Å²) < 4.78 is 33.5. The predicted octanol–water partition coefficient (Wildman–Crippen LogP) is 3.56. The average molecular weight is 402 g/mol. The van der Waals surface area contributed by atoms with Gasteiger partial charge >= 0.3 is 0 Å². The lowest BCUT2D eigenvalue weighted by molar-refractivity contribution is 0.340.